The van der Waals surface area contributed by atoms with E-state index in [1.54, 1.807) is 6.92 Å². The van der Waals surface area contributed by atoms with Gasteiger partial charge in [-0.25, -0.2) is 4.39 Å². The summed E-state index contributed by atoms with van der Waals surface area (Å²) in [4.78, 5) is 0. The van der Waals surface area contributed by atoms with Gasteiger partial charge in [0.1, 0.15) is 5.82 Å². The van der Waals surface area contributed by atoms with E-state index in [0.29, 0.717) is 12.5 Å². The lowest BCUT2D eigenvalue weighted by atomic mass is 10.0. The lowest BCUT2D eigenvalue weighted by molar-refractivity contribution is -0.137. The van der Waals surface area contributed by atoms with Crippen LogP contribution in [0.3, 0.4) is 0 Å². The predicted octanol–water partition coefficient (Wildman–Crippen LogP) is 3.25. The molecule has 0 saturated heterocycles. The van der Waals surface area contributed by atoms with E-state index in [2.05, 4.69) is 0 Å². The molecule has 0 aliphatic carbocycles. The average Bonchev–Trinajstić information content (AvgIpc) is 2.15. The van der Waals surface area contributed by atoms with Crippen LogP contribution in [0.25, 0.3) is 0 Å². The Morgan fingerprint density at radius 1 is 1.33 bits per heavy atom. The van der Waals surface area contributed by atoms with E-state index in [9.17, 15) is 17.6 Å². The van der Waals surface area contributed by atoms with Crippen molar-refractivity contribution in [3.8, 4) is 0 Å². The van der Waals surface area contributed by atoms with Gasteiger partial charge in [-0.3, -0.25) is 0 Å². The van der Waals surface area contributed by atoms with Crippen LogP contribution in [-0.4, -0.2) is 0 Å². The fourth-order valence-electron chi connectivity index (χ4n) is 1.22. The molecular formula is C10H11F4N. The van der Waals surface area contributed by atoms with Crippen LogP contribution in [0.15, 0.2) is 18.2 Å². The van der Waals surface area contributed by atoms with Crippen molar-refractivity contribution < 1.29 is 17.6 Å². The molecule has 84 valence electrons. The van der Waals surface area contributed by atoms with Crippen molar-refractivity contribution >= 4 is 0 Å². The zero-order valence-electron chi connectivity index (χ0n) is 8.11. The van der Waals surface area contributed by atoms with Gasteiger partial charge in [-0.2, -0.15) is 13.2 Å². The summed E-state index contributed by atoms with van der Waals surface area (Å²) in [5, 5.41) is 0. The van der Waals surface area contributed by atoms with E-state index in [-0.39, 0.29) is 5.56 Å². The molecule has 5 heteroatoms. The van der Waals surface area contributed by atoms with E-state index in [4.69, 9.17) is 5.73 Å². The minimum absolute atomic E-state index is 0.116. The molecule has 1 atom stereocenters. The quantitative estimate of drug-likeness (QED) is 0.762. The lowest BCUT2D eigenvalue weighted by Gasteiger charge is -2.12. The molecule has 15 heavy (non-hydrogen) atoms. The maximum atomic E-state index is 13.2. The van der Waals surface area contributed by atoms with Crippen molar-refractivity contribution in [1.82, 2.24) is 0 Å². The third-order valence-corrected chi connectivity index (χ3v) is 2.17. The zero-order chi connectivity index (χ0) is 11.6. The maximum absolute atomic E-state index is 13.2. The molecule has 0 fully saturated rings. The van der Waals surface area contributed by atoms with Gasteiger partial charge in [0.05, 0.1) is 5.56 Å². The summed E-state index contributed by atoms with van der Waals surface area (Å²) in [6, 6.07) is 1.85. The van der Waals surface area contributed by atoms with Crippen molar-refractivity contribution in [3.05, 3.63) is 35.1 Å². The molecule has 0 saturated carbocycles. The molecule has 0 amide bonds. The first-order valence-electron chi connectivity index (χ1n) is 4.48. The molecule has 0 heterocycles. The number of benzene rings is 1. The number of halogens is 4. The van der Waals surface area contributed by atoms with E-state index in [1.165, 1.54) is 0 Å². The molecule has 1 nitrogen and oxygen atoms in total. The smallest absolute Gasteiger partial charge is 0.324 e. The first-order chi connectivity index (χ1) is 6.86. The lowest BCUT2D eigenvalue weighted by Crippen LogP contribution is -2.12. The third-order valence-electron chi connectivity index (χ3n) is 2.17. The van der Waals surface area contributed by atoms with Gasteiger partial charge in [-0.05, 0) is 18.6 Å². The van der Waals surface area contributed by atoms with Gasteiger partial charge in [0.15, 0.2) is 0 Å². The highest BCUT2D eigenvalue weighted by Gasteiger charge is 2.31. The van der Waals surface area contributed by atoms with Crippen LogP contribution in [0.1, 0.15) is 30.5 Å². The van der Waals surface area contributed by atoms with E-state index >= 15 is 0 Å². The second-order valence-corrected chi connectivity index (χ2v) is 3.25. The number of rotatable bonds is 2. The second-order valence-electron chi connectivity index (χ2n) is 3.25. The third kappa shape index (κ3) is 2.68. The fourth-order valence-corrected chi connectivity index (χ4v) is 1.22. The van der Waals surface area contributed by atoms with Gasteiger partial charge in [0, 0.05) is 11.6 Å². The van der Waals surface area contributed by atoms with E-state index in [0.717, 1.165) is 12.1 Å². The zero-order valence-corrected chi connectivity index (χ0v) is 8.11. The largest absolute Gasteiger partial charge is 0.416 e. The van der Waals surface area contributed by atoms with Crippen molar-refractivity contribution in [3.63, 3.8) is 0 Å². The first kappa shape index (κ1) is 12.0. The Balaban J connectivity index is 3.09. The highest BCUT2D eigenvalue weighted by molar-refractivity contribution is 5.28. The van der Waals surface area contributed by atoms with Crippen molar-refractivity contribution in [2.45, 2.75) is 25.6 Å². The number of alkyl halides is 3. The number of hydrogen-bond acceptors (Lipinski definition) is 1. The molecule has 0 radical (unpaired) electrons. The number of hydrogen-bond donors (Lipinski definition) is 1. The fraction of sp³-hybridized carbons (Fsp3) is 0.400. The standard InChI is InChI=1S/C10H11F4N/c1-2-9(15)7-4-3-6(5-8(7)11)10(12,13)14/h3-5,9H,2,15H2,1H3/t9-/m1/s1. The molecule has 0 aliphatic rings. The van der Waals surface area contributed by atoms with Gasteiger partial charge in [-0.15, -0.1) is 0 Å². The highest BCUT2D eigenvalue weighted by atomic mass is 19.4. The van der Waals surface area contributed by atoms with Crippen LogP contribution in [0.2, 0.25) is 0 Å². The van der Waals surface area contributed by atoms with Crippen LogP contribution >= 0.6 is 0 Å². The van der Waals surface area contributed by atoms with Crippen LogP contribution in [0, 0.1) is 5.82 Å². The summed E-state index contributed by atoms with van der Waals surface area (Å²) in [6.07, 6.45) is -4.04. The van der Waals surface area contributed by atoms with Crippen LogP contribution in [0.5, 0.6) is 0 Å². The summed E-state index contributed by atoms with van der Waals surface area (Å²) in [5.41, 5.74) is 4.66. The first-order valence-corrected chi connectivity index (χ1v) is 4.48. The van der Waals surface area contributed by atoms with Crippen molar-refractivity contribution in [2.24, 2.45) is 5.73 Å². The topological polar surface area (TPSA) is 26.0 Å². The van der Waals surface area contributed by atoms with E-state index in [1.807, 2.05) is 0 Å². The summed E-state index contributed by atoms with van der Waals surface area (Å²) in [6.45, 7) is 1.74. The van der Waals surface area contributed by atoms with Gasteiger partial charge in [0.2, 0.25) is 0 Å². The Labute approximate surface area is 84.9 Å². The number of nitrogens with two attached hydrogens (primary N) is 1. The van der Waals surface area contributed by atoms with Crippen LogP contribution in [0.4, 0.5) is 17.6 Å². The Hall–Kier alpha value is -1.10. The Morgan fingerprint density at radius 2 is 1.93 bits per heavy atom. The highest BCUT2D eigenvalue weighted by Crippen LogP contribution is 2.31. The molecule has 1 aromatic rings. The summed E-state index contributed by atoms with van der Waals surface area (Å²) in [5.74, 6) is -0.904. The summed E-state index contributed by atoms with van der Waals surface area (Å²) >= 11 is 0. The molecule has 1 rings (SSSR count). The Morgan fingerprint density at radius 3 is 2.33 bits per heavy atom. The summed E-state index contributed by atoms with van der Waals surface area (Å²) < 4.78 is 49.8. The SMILES string of the molecule is CC[C@@H](N)c1ccc(C(F)(F)F)cc1F. The normalized spacial score (nSPS) is 14.0. The van der Waals surface area contributed by atoms with Gasteiger partial charge in [0.25, 0.3) is 0 Å². The minimum Gasteiger partial charge on any atom is -0.324 e. The van der Waals surface area contributed by atoms with Gasteiger partial charge >= 0.3 is 6.18 Å². The second kappa shape index (κ2) is 4.18. The Kier molecular flexibility index (Phi) is 3.34. The maximum Gasteiger partial charge on any atom is 0.416 e. The Bertz CT molecular complexity index is 346. The van der Waals surface area contributed by atoms with Crippen LogP contribution in [-0.2, 0) is 6.18 Å². The van der Waals surface area contributed by atoms with Crippen molar-refractivity contribution in [2.75, 3.05) is 0 Å². The minimum atomic E-state index is -4.52. The van der Waals surface area contributed by atoms with E-state index < -0.39 is 23.6 Å². The molecule has 0 spiro atoms. The van der Waals surface area contributed by atoms with Crippen LogP contribution < -0.4 is 5.73 Å². The molecule has 0 aliphatic heterocycles. The average molecular weight is 221 g/mol. The molecule has 0 unspecified atom stereocenters. The monoisotopic (exact) mass is 221 g/mol. The van der Waals surface area contributed by atoms with Gasteiger partial charge in [-0.1, -0.05) is 13.0 Å². The molecule has 1 aromatic carbocycles. The molecule has 2 N–H and O–H groups in total. The molecular weight excluding hydrogens is 210 g/mol. The summed E-state index contributed by atoms with van der Waals surface area (Å²) in [7, 11) is 0. The predicted molar refractivity (Wildman–Crippen MR) is 48.6 cm³/mol. The molecule has 0 bridgehead atoms. The van der Waals surface area contributed by atoms with Gasteiger partial charge < -0.3 is 5.73 Å². The molecule has 0 aromatic heterocycles. The van der Waals surface area contributed by atoms with Crippen molar-refractivity contribution in [1.29, 1.82) is 0 Å².